The van der Waals surface area contributed by atoms with Crippen molar-refractivity contribution in [3.8, 4) is 5.75 Å². The largest absolute Gasteiger partial charge is 0.495 e. The number of methoxy groups -OCH3 is 1. The van der Waals surface area contributed by atoms with Crippen molar-refractivity contribution >= 4 is 34.9 Å². The van der Waals surface area contributed by atoms with Crippen LogP contribution in [0.5, 0.6) is 5.75 Å². The number of carbonyl (C=O) groups excluding carboxylic acids is 2. The van der Waals surface area contributed by atoms with E-state index < -0.39 is 6.04 Å². The molecular weight excluding hydrogens is 464 g/mol. The Balaban J connectivity index is 1.44. The van der Waals surface area contributed by atoms with Gasteiger partial charge in [0.05, 0.1) is 12.1 Å². The van der Waals surface area contributed by atoms with Crippen LogP contribution < -0.4 is 15.4 Å². The van der Waals surface area contributed by atoms with E-state index >= 15 is 0 Å². The molecular formula is C27H29ClN4O3. The predicted molar refractivity (Wildman–Crippen MR) is 138 cm³/mol. The third-order valence-corrected chi connectivity index (χ3v) is 6.51. The number of halogens is 1. The molecule has 1 saturated heterocycles. The molecule has 2 N–H and O–H groups in total. The molecule has 3 aromatic rings. The minimum Gasteiger partial charge on any atom is -0.495 e. The number of likely N-dealkylation sites (tertiary alicyclic amines) is 1. The monoisotopic (exact) mass is 492 g/mol. The normalized spacial score (nSPS) is 15.3. The fourth-order valence-corrected chi connectivity index (χ4v) is 4.57. The molecule has 1 aliphatic rings. The molecule has 7 nitrogen and oxygen atoms in total. The summed E-state index contributed by atoms with van der Waals surface area (Å²) < 4.78 is 5.20. The zero-order valence-electron chi connectivity index (χ0n) is 19.8. The van der Waals surface area contributed by atoms with Crippen LogP contribution >= 0.6 is 11.6 Å². The zero-order valence-corrected chi connectivity index (χ0v) is 20.6. The number of anilines is 2. The van der Waals surface area contributed by atoms with Gasteiger partial charge in [-0.3, -0.25) is 14.5 Å². The summed E-state index contributed by atoms with van der Waals surface area (Å²) in [7, 11) is 1.55. The third-order valence-electron chi connectivity index (χ3n) is 6.21. The van der Waals surface area contributed by atoms with Gasteiger partial charge in [0.15, 0.2) is 0 Å². The lowest BCUT2D eigenvalue weighted by atomic mass is 9.93. The smallest absolute Gasteiger partial charge is 0.246 e. The average molecular weight is 493 g/mol. The summed E-state index contributed by atoms with van der Waals surface area (Å²) in [6.45, 7) is 3.20. The lowest BCUT2D eigenvalue weighted by Crippen LogP contribution is -2.44. The molecule has 8 heteroatoms. The molecule has 1 aliphatic heterocycles. The van der Waals surface area contributed by atoms with Crippen molar-refractivity contribution in [3.05, 3.63) is 83.0 Å². The molecule has 1 fully saturated rings. The van der Waals surface area contributed by atoms with Crippen molar-refractivity contribution in [2.75, 3.05) is 30.8 Å². The molecule has 0 radical (unpaired) electrons. The number of nitrogens with zero attached hydrogens (tertiary/aromatic N) is 2. The van der Waals surface area contributed by atoms with Gasteiger partial charge in [-0.05, 0) is 68.2 Å². The van der Waals surface area contributed by atoms with Crippen molar-refractivity contribution in [2.45, 2.75) is 25.8 Å². The van der Waals surface area contributed by atoms with Crippen LogP contribution in [0.2, 0.25) is 5.02 Å². The summed E-state index contributed by atoms with van der Waals surface area (Å²) in [6, 6.07) is 18.1. The second-order valence-electron chi connectivity index (χ2n) is 8.67. The Labute approximate surface area is 210 Å². The van der Waals surface area contributed by atoms with E-state index in [1.807, 2.05) is 49.4 Å². The number of rotatable bonds is 7. The molecule has 0 saturated carbocycles. The van der Waals surface area contributed by atoms with Gasteiger partial charge in [-0.15, -0.1) is 0 Å². The van der Waals surface area contributed by atoms with Crippen LogP contribution in [0.25, 0.3) is 0 Å². The van der Waals surface area contributed by atoms with Crippen LogP contribution in [0.4, 0.5) is 11.5 Å². The first-order valence-electron chi connectivity index (χ1n) is 11.6. The van der Waals surface area contributed by atoms with Crippen molar-refractivity contribution < 1.29 is 14.3 Å². The first-order chi connectivity index (χ1) is 16.9. The van der Waals surface area contributed by atoms with E-state index in [0.29, 0.717) is 48.2 Å². The zero-order chi connectivity index (χ0) is 24.8. The van der Waals surface area contributed by atoms with Crippen LogP contribution in [0.15, 0.2) is 66.9 Å². The summed E-state index contributed by atoms with van der Waals surface area (Å²) >= 11 is 6.24. The van der Waals surface area contributed by atoms with Crippen LogP contribution in [0.3, 0.4) is 0 Å². The third kappa shape index (κ3) is 6.18. The summed E-state index contributed by atoms with van der Waals surface area (Å²) in [5.41, 5.74) is 2.54. The second kappa shape index (κ2) is 11.3. The van der Waals surface area contributed by atoms with Gasteiger partial charge in [0.2, 0.25) is 11.8 Å². The molecule has 2 heterocycles. The number of pyridine rings is 1. The average Bonchev–Trinajstić information content (AvgIpc) is 2.87. The molecule has 182 valence electrons. The molecule has 1 atom stereocenters. The van der Waals surface area contributed by atoms with Crippen LogP contribution in [0.1, 0.15) is 30.0 Å². The van der Waals surface area contributed by atoms with Gasteiger partial charge in [-0.1, -0.05) is 48.0 Å². The number of hydrogen-bond acceptors (Lipinski definition) is 5. The molecule has 4 rings (SSSR count). The van der Waals surface area contributed by atoms with Gasteiger partial charge >= 0.3 is 0 Å². The van der Waals surface area contributed by atoms with Crippen LogP contribution in [-0.4, -0.2) is 41.9 Å². The number of benzene rings is 2. The van der Waals surface area contributed by atoms with E-state index in [4.69, 9.17) is 16.3 Å². The molecule has 0 bridgehead atoms. The van der Waals surface area contributed by atoms with Crippen molar-refractivity contribution in [3.63, 3.8) is 0 Å². The molecule has 35 heavy (non-hydrogen) atoms. The molecule has 2 amide bonds. The fourth-order valence-electron chi connectivity index (χ4n) is 4.31. The fraction of sp³-hybridized carbons (Fsp3) is 0.296. The Hall–Kier alpha value is -3.42. The van der Waals surface area contributed by atoms with Gasteiger partial charge in [0, 0.05) is 17.8 Å². The molecule has 0 spiro atoms. The minimum absolute atomic E-state index is 0.0328. The van der Waals surface area contributed by atoms with E-state index in [0.717, 1.165) is 11.1 Å². The van der Waals surface area contributed by atoms with E-state index in [1.165, 1.54) is 0 Å². The SMILES string of the molecule is COc1ccc(NC(=O)C(c2ccccc2)N2CCC(C(=O)Nc3ccc(C)cn3)CC2)cc1Cl. The molecule has 1 aromatic heterocycles. The Kier molecular flexibility index (Phi) is 8.00. The summed E-state index contributed by atoms with van der Waals surface area (Å²) in [5.74, 6) is 0.793. The number of hydrogen-bond donors (Lipinski definition) is 2. The van der Waals surface area contributed by atoms with Gasteiger partial charge in [0.1, 0.15) is 17.6 Å². The van der Waals surface area contributed by atoms with Crippen LogP contribution in [-0.2, 0) is 9.59 Å². The number of aromatic nitrogens is 1. The van der Waals surface area contributed by atoms with E-state index in [9.17, 15) is 9.59 Å². The second-order valence-corrected chi connectivity index (χ2v) is 9.08. The van der Waals surface area contributed by atoms with E-state index in [-0.39, 0.29) is 17.7 Å². The Bertz CT molecular complexity index is 1160. The van der Waals surface area contributed by atoms with E-state index in [1.54, 1.807) is 31.5 Å². The van der Waals surface area contributed by atoms with Gasteiger partial charge in [-0.25, -0.2) is 4.98 Å². The number of ether oxygens (including phenoxy) is 1. The van der Waals surface area contributed by atoms with E-state index in [2.05, 4.69) is 20.5 Å². The Morgan fingerprint density at radius 2 is 1.80 bits per heavy atom. The highest BCUT2D eigenvalue weighted by atomic mass is 35.5. The Morgan fingerprint density at radius 1 is 1.06 bits per heavy atom. The maximum Gasteiger partial charge on any atom is 0.246 e. The number of piperidine rings is 1. The highest BCUT2D eigenvalue weighted by Crippen LogP contribution is 2.31. The molecule has 0 aliphatic carbocycles. The number of aryl methyl sites for hydroxylation is 1. The van der Waals surface area contributed by atoms with Gasteiger partial charge in [-0.2, -0.15) is 0 Å². The van der Waals surface area contributed by atoms with Crippen molar-refractivity contribution in [1.82, 2.24) is 9.88 Å². The maximum atomic E-state index is 13.4. The van der Waals surface area contributed by atoms with Crippen LogP contribution in [0, 0.1) is 12.8 Å². The number of amides is 2. The lowest BCUT2D eigenvalue weighted by Gasteiger charge is -2.36. The number of carbonyl (C=O) groups is 2. The number of nitrogens with one attached hydrogen (secondary N) is 2. The Morgan fingerprint density at radius 3 is 2.43 bits per heavy atom. The predicted octanol–water partition coefficient (Wildman–Crippen LogP) is 5.08. The molecule has 1 unspecified atom stereocenters. The van der Waals surface area contributed by atoms with Gasteiger partial charge < -0.3 is 15.4 Å². The summed E-state index contributed by atoms with van der Waals surface area (Å²) in [5, 5.41) is 6.33. The topological polar surface area (TPSA) is 83.6 Å². The first-order valence-corrected chi connectivity index (χ1v) is 12.0. The lowest BCUT2D eigenvalue weighted by molar-refractivity contribution is -0.124. The molecule has 2 aromatic carbocycles. The highest BCUT2D eigenvalue weighted by Gasteiger charge is 2.33. The van der Waals surface area contributed by atoms with Gasteiger partial charge in [0.25, 0.3) is 0 Å². The standard InChI is InChI=1S/C27H29ClN4O3/c1-18-8-11-24(29-17-18)31-26(33)20-12-14-32(15-13-20)25(19-6-4-3-5-7-19)27(34)30-21-9-10-23(35-2)22(28)16-21/h3-11,16-17,20,25H,12-15H2,1-2H3,(H,30,34)(H,29,31,33). The summed E-state index contributed by atoms with van der Waals surface area (Å²) in [6.07, 6.45) is 3.04. The summed E-state index contributed by atoms with van der Waals surface area (Å²) in [4.78, 5) is 32.6. The maximum absolute atomic E-state index is 13.4. The highest BCUT2D eigenvalue weighted by molar-refractivity contribution is 6.32. The minimum atomic E-state index is -0.486. The quantitative estimate of drug-likeness (QED) is 0.480. The van der Waals surface area contributed by atoms with Crippen molar-refractivity contribution in [2.24, 2.45) is 5.92 Å². The van der Waals surface area contributed by atoms with Crippen molar-refractivity contribution in [1.29, 1.82) is 0 Å². The first kappa shape index (κ1) is 24.7.